The van der Waals surface area contributed by atoms with Gasteiger partial charge in [-0.15, -0.1) is 11.3 Å². The van der Waals surface area contributed by atoms with Crippen molar-refractivity contribution >= 4 is 32.2 Å². The van der Waals surface area contributed by atoms with Gasteiger partial charge in [-0.25, -0.2) is 4.98 Å². The normalized spacial score (nSPS) is 11.1. The van der Waals surface area contributed by atoms with Gasteiger partial charge in [0, 0.05) is 28.8 Å². The minimum absolute atomic E-state index is 0.457. The summed E-state index contributed by atoms with van der Waals surface area (Å²) >= 11 is 5.05. The second kappa shape index (κ2) is 5.30. The van der Waals surface area contributed by atoms with Crippen LogP contribution in [0.4, 0.5) is 0 Å². The van der Waals surface area contributed by atoms with Gasteiger partial charge in [-0.3, -0.25) is 9.38 Å². The number of alkyl halides is 1. The highest BCUT2D eigenvalue weighted by Gasteiger charge is 2.07. The molecule has 0 aliphatic rings. The molecule has 3 rings (SSSR count). The van der Waals surface area contributed by atoms with Gasteiger partial charge >= 0.3 is 0 Å². The van der Waals surface area contributed by atoms with Gasteiger partial charge in [-0.2, -0.15) is 0 Å². The average Bonchev–Trinajstić information content (AvgIpc) is 2.97. The van der Waals surface area contributed by atoms with E-state index in [4.69, 9.17) is 4.74 Å². The zero-order valence-corrected chi connectivity index (χ0v) is 12.7. The fourth-order valence-electron chi connectivity index (χ4n) is 1.82. The van der Waals surface area contributed by atoms with Crippen LogP contribution in [0.15, 0.2) is 29.9 Å². The molecular weight excluding hydrogens is 326 g/mol. The lowest BCUT2D eigenvalue weighted by atomic mass is 10.3. The first-order chi connectivity index (χ1) is 9.26. The van der Waals surface area contributed by atoms with E-state index in [-0.39, 0.29) is 0 Å². The molecule has 0 fully saturated rings. The highest BCUT2D eigenvalue weighted by molar-refractivity contribution is 9.08. The van der Waals surface area contributed by atoms with Crippen LogP contribution in [-0.2, 0) is 11.9 Å². The summed E-state index contributed by atoms with van der Waals surface area (Å²) in [6.07, 6.45) is 3.98. The maximum atomic E-state index is 5.80. The summed E-state index contributed by atoms with van der Waals surface area (Å²) in [7, 11) is 0. The molecule has 0 saturated carbocycles. The van der Waals surface area contributed by atoms with E-state index in [1.807, 2.05) is 41.2 Å². The summed E-state index contributed by atoms with van der Waals surface area (Å²) in [5.41, 5.74) is 2.83. The number of nitrogens with zero attached hydrogens (tertiary/aromatic N) is 3. The number of hydrogen-bond donors (Lipinski definition) is 0. The van der Waals surface area contributed by atoms with Crippen LogP contribution in [0.5, 0.6) is 5.75 Å². The Morgan fingerprint density at radius 1 is 1.37 bits per heavy atom. The van der Waals surface area contributed by atoms with Crippen LogP contribution in [0.1, 0.15) is 17.1 Å². The molecule has 19 heavy (non-hydrogen) atoms. The Kier molecular flexibility index (Phi) is 3.52. The summed E-state index contributed by atoms with van der Waals surface area (Å²) in [4.78, 5) is 9.91. The molecule has 0 unspecified atom stereocenters. The molecule has 3 aromatic rings. The number of aromatic nitrogens is 3. The van der Waals surface area contributed by atoms with E-state index in [0.29, 0.717) is 11.9 Å². The standard InChI is InChI=1S/C13H12BrN3OS/c1-9-2-3-12(11(6-14)15-9)18-8-10-7-17-4-5-19-13(17)16-10/h2-5,7H,6,8H2,1H3. The number of thiazole rings is 1. The summed E-state index contributed by atoms with van der Waals surface area (Å²) in [5.74, 6) is 0.804. The molecule has 3 heterocycles. The van der Waals surface area contributed by atoms with Crippen molar-refractivity contribution in [1.82, 2.24) is 14.4 Å². The highest BCUT2D eigenvalue weighted by Crippen LogP contribution is 2.21. The lowest BCUT2D eigenvalue weighted by molar-refractivity contribution is 0.298. The molecule has 4 nitrogen and oxygen atoms in total. The summed E-state index contributed by atoms with van der Waals surface area (Å²) in [5, 5.41) is 2.70. The van der Waals surface area contributed by atoms with Crippen molar-refractivity contribution in [3.63, 3.8) is 0 Å². The molecule has 0 atom stereocenters. The van der Waals surface area contributed by atoms with Gasteiger partial charge in [0.25, 0.3) is 0 Å². The average molecular weight is 338 g/mol. The smallest absolute Gasteiger partial charge is 0.193 e. The Bertz CT molecular complexity index is 678. The quantitative estimate of drug-likeness (QED) is 0.683. The van der Waals surface area contributed by atoms with Crippen LogP contribution in [0.2, 0.25) is 0 Å². The second-order valence-electron chi connectivity index (χ2n) is 4.14. The van der Waals surface area contributed by atoms with Crippen molar-refractivity contribution in [1.29, 1.82) is 0 Å². The number of halogens is 1. The van der Waals surface area contributed by atoms with Crippen molar-refractivity contribution in [3.8, 4) is 5.75 Å². The van der Waals surface area contributed by atoms with Gasteiger partial charge in [-0.05, 0) is 19.1 Å². The predicted molar refractivity (Wildman–Crippen MR) is 79.0 cm³/mol. The Hall–Kier alpha value is -1.40. The van der Waals surface area contributed by atoms with E-state index < -0.39 is 0 Å². The molecule has 0 bridgehead atoms. The molecule has 0 aliphatic heterocycles. The maximum absolute atomic E-state index is 5.80. The third-order valence-electron chi connectivity index (χ3n) is 2.72. The van der Waals surface area contributed by atoms with Gasteiger partial charge in [0.05, 0.1) is 11.4 Å². The van der Waals surface area contributed by atoms with Crippen molar-refractivity contribution < 1.29 is 4.74 Å². The van der Waals surface area contributed by atoms with Gasteiger partial charge in [0.2, 0.25) is 0 Å². The van der Waals surface area contributed by atoms with Gasteiger partial charge in [-0.1, -0.05) is 15.9 Å². The summed E-state index contributed by atoms with van der Waals surface area (Å²) in [6.45, 7) is 2.43. The predicted octanol–water partition coefficient (Wildman–Crippen LogP) is 3.57. The number of fused-ring (bicyclic) bond motifs is 1. The Morgan fingerprint density at radius 2 is 2.26 bits per heavy atom. The van der Waals surface area contributed by atoms with E-state index in [1.54, 1.807) is 11.3 Å². The number of imidazole rings is 1. The fraction of sp³-hybridized carbons (Fsp3) is 0.231. The molecule has 0 radical (unpaired) electrons. The van der Waals surface area contributed by atoms with E-state index in [9.17, 15) is 0 Å². The second-order valence-corrected chi connectivity index (χ2v) is 5.58. The van der Waals surface area contributed by atoms with Crippen molar-refractivity contribution in [2.24, 2.45) is 0 Å². The Balaban J connectivity index is 1.77. The SMILES string of the molecule is Cc1ccc(OCc2cn3ccsc3n2)c(CBr)n1. The minimum Gasteiger partial charge on any atom is -0.485 e. The third-order valence-corrected chi connectivity index (χ3v) is 4.02. The first-order valence-electron chi connectivity index (χ1n) is 5.82. The largest absolute Gasteiger partial charge is 0.485 e. The number of rotatable bonds is 4. The highest BCUT2D eigenvalue weighted by atomic mass is 79.9. The first-order valence-corrected chi connectivity index (χ1v) is 7.83. The van der Waals surface area contributed by atoms with E-state index >= 15 is 0 Å². The van der Waals surface area contributed by atoms with Crippen LogP contribution >= 0.6 is 27.3 Å². The zero-order chi connectivity index (χ0) is 13.2. The number of hydrogen-bond acceptors (Lipinski definition) is 4. The molecule has 98 valence electrons. The monoisotopic (exact) mass is 337 g/mol. The first kappa shape index (κ1) is 12.6. The van der Waals surface area contributed by atoms with Crippen LogP contribution in [-0.4, -0.2) is 14.4 Å². The molecule has 0 amide bonds. The van der Waals surface area contributed by atoms with E-state index in [0.717, 1.165) is 27.8 Å². The molecule has 0 aliphatic carbocycles. The Labute approximate surface area is 123 Å². The number of ether oxygens (including phenoxy) is 1. The van der Waals surface area contributed by atoms with Crippen LogP contribution < -0.4 is 4.74 Å². The van der Waals surface area contributed by atoms with Crippen LogP contribution in [0.3, 0.4) is 0 Å². The van der Waals surface area contributed by atoms with E-state index in [1.165, 1.54) is 0 Å². The number of pyridine rings is 1. The molecular formula is C13H12BrN3OS. The molecule has 3 aromatic heterocycles. The maximum Gasteiger partial charge on any atom is 0.193 e. The van der Waals surface area contributed by atoms with Crippen molar-refractivity contribution in [3.05, 3.63) is 47.0 Å². The van der Waals surface area contributed by atoms with Crippen molar-refractivity contribution in [2.75, 3.05) is 0 Å². The molecule has 6 heteroatoms. The third kappa shape index (κ3) is 2.64. The van der Waals surface area contributed by atoms with Gasteiger partial charge in [0.1, 0.15) is 12.4 Å². The minimum atomic E-state index is 0.457. The Morgan fingerprint density at radius 3 is 3.05 bits per heavy atom. The molecule has 0 saturated heterocycles. The van der Waals surface area contributed by atoms with Crippen LogP contribution in [0, 0.1) is 6.92 Å². The topological polar surface area (TPSA) is 39.4 Å². The lowest BCUT2D eigenvalue weighted by Crippen LogP contribution is -2.00. The van der Waals surface area contributed by atoms with Crippen molar-refractivity contribution in [2.45, 2.75) is 18.9 Å². The molecule has 0 spiro atoms. The summed E-state index contributed by atoms with van der Waals surface area (Å²) < 4.78 is 7.81. The van der Waals surface area contributed by atoms with Gasteiger partial charge in [0.15, 0.2) is 4.96 Å². The zero-order valence-electron chi connectivity index (χ0n) is 10.3. The lowest BCUT2D eigenvalue weighted by Gasteiger charge is -2.08. The molecule has 0 N–H and O–H groups in total. The summed E-state index contributed by atoms with van der Waals surface area (Å²) in [6, 6.07) is 3.91. The van der Waals surface area contributed by atoms with E-state index in [2.05, 4.69) is 25.9 Å². The van der Waals surface area contributed by atoms with Gasteiger partial charge < -0.3 is 4.74 Å². The van der Waals surface area contributed by atoms with Crippen LogP contribution in [0.25, 0.3) is 4.96 Å². The fourth-order valence-corrected chi connectivity index (χ4v) is 2.94. The molecule has 0 aromatic carbocycles. The number of aryl methyl sites for hydroxylation is 1.